The van der Waals surface area contributed by atoms with Gasteiger partial charge in [-0.05, 0) is 121 Å². The van der Waals surface area contributed by atoms with Crippen molar-refractivity contribution in [2.75, 3.05) is 0 Å². The van der Waals surface area contributed by atoms with Gasteiger partial charge in [0.25, 0.3) is 0 Å². The van der Waals surface area contributed by atoms with E-state index in [4.69, 9.17) is 0 Å². The molecule has 4 aliphatic carbocycles. The molecular formula is C39H56. The van der Waals surface area contributed by atoms with Crippen molar-refractivity contribution >= 4 is 0 Å². The topological polar surface area (TPSA) is 0 Å². The maximum Gasteiger partial charge on any atom is 0.0264 e. The summed E-state index contributed by atoms with van der Waals surface area (Å²) in [6.07, 6.45) is 14.4. The molecule has 0 spiro atoms. The van der Waals surface area contributed by atoms with Gasteiger partial charge >= 0.3 is 0 Å². The largest absolute Gasteiger partial charge is 0.0622 e. The standard InChI is InChI=1S/C39H56/c1-37(2,3)30-21-23-32-34(25-30)35-26-31(38(4,5)6)22-24-33(35)36(32)39(29-19-13-14-20-29,27-15-9-7-10-16-27)28-17-11-8-12-18-28/h7-12,15-18,29-36H,13-14,19-26H2,1-6H3. The van der Waals surface area contributed by atoms with Crippen LogP contribution in [0.5, 0.6) is 0 Å². The van der Waals surface area contributed by atoms with E-state index in [9.17, 15) is 0 Å². The van der Waals surface area contributed by atoms with Crippen LogP contribution in [0.3, 0.4) is 0 Å². The molecule has 4 aliphatic rings. The Bertz CT molecular complexity index is 999. The second kappa shape index (κ2) is 10.4. The number of benzene rings is 2. The molecule has 6 atom stereocenters. The third-order valence-electron chi connectivity index (χ3n) is 12.9. The van der Waals surface area contributed by atoms with Gasteiger partial charge in [0.1, 0.15) is 0 Å². The summed E-state index contributed by atoms with van der Waals surface area (Å²) in [6.45, 7) is 15.2. The molecule has 0 nitrogen and oxygen atoms in total. The lowest BCUT2D eigenvalue weighted by molar-refractivity contribution is 0.0542. The van der Waals surface area contributed by atoms with E-state index in [1.807, 2.05) is 0 Å². The van der Waals surface area contributed by atoms with E-state index < -0.39 is 0 Å². The fourth-order valence-corrected chi connectivity index (χ4v) is 11.0. The smallest absolute Gasteiger partial charge is 0.0264 e. The molecule has 6 rings (SSSR count). The van der Waals surface area contributed by atoms with Gasteiger partial charge in [0, 0.05) is 5.41 Å². The molecule has 0 heterocycles. The third kappa shape index (κ3) is 4.75. The van der Waals surface area contributed by atoms with Crippen LogP contribution in [0, 0.1) is 58.2 Å². The lowest BCUT2D eigenvalue weighted by Gasteiger charge is -2.52. The number of rotatable bonds is 4. The number of fused-ring (bicyclic) bond motifs is 3. The van der Waals surface area contributed by atoms with Gasteiger partial charge in [0.05, 0.1) is 0 Å². The minimum absolute atomic E-state index is 0.157. The van der Waals surface area contributed by atoms with E-state index >= 15 is 0 Å². The first-order chi connectivity index (χ1) is 18.6. The van der Waals surface area contributed by atoms with Crippen LogP contribution < -0.4 is 0 Å². The molecule has 0 aromatic heterocycles. The van der Waals surface area contributed by atoms with Gasteiger partial charge in [0.2, 0.25) is 0 Å². The summed E-state index contributed by atoms with van der Waals surface area (Å²) < 4.78 is 0. The Morgan fingerprint density at radius 3 is 1.26 bits per heavy atom. The minimum Gasteiger partial charge on any atom is -0.0622 e. The van der Waals surface area contributed by atoms with Crippen molar-refractivity contribution in [1.82, 2.24) is 0 Å². The Labute approximate surface area is 240 Å². The maximum absolute atomic E-state index is 2.54. The molecule has 39 heavy (non-hydrogen) atoms. The fraction of sp³-hybridized carbons (Fsp3) is 0.692. The van der Waals surface area contributed by atoms with Crippen molar-refractivity contribution in [3.63, 3.8) is 0 Å². The highest BCUT2D eigenvalue weighted by Crippen LogP contribution is 2.68. The lowest BCUT2D eigenvalue weighted by Crippen LogP contribution is -2.48. The van der Waals surface area contributed by atoms with Crippen molar-refractivity contribution in [1.29, 1.82) is 0 Å². The predicted octanol–water partition coefficient (Wildman–Crippen LogP) is 10.9. The summed E-state index contributed by atoms with van der Waals surface area (Å²) in [5.41, 5.74) is 4.30. The number of hydrogen-bond donors (Lipinski definition) is 0. The zero-order valence-electron chi connectivity index (χ0n) is 26.0. The lowest BCUT2D eigenvalue weighted by atomic mass is 9.51. The Balaban J connectivity index is 1.53. The van der Waals surface area contributed by atoms with Crippen LogP contribution in [0.1, 0.15) is 117 Å². The van der Waals surface area contributed by atoms with Crippen LogP contribution in [0.15, 0.2) is 60.7 Å². The first kappa shape index (κ1) is 27.6. The maximum atomic E-state index is 2.54. The van der Waals surface area contributed by atoms with Gasteiger partial charge in [-0.25, -0.2) is 0 Å². The summed E-state index contributed by atoms with van der Waals surface area (Å²) >= 11 is 0. The van der Waals surface area contributed by atoms with Gasteiger partial charge < -0.3 is 0 Å². The van der Waals surface area contributed by atoms with Gasteiger partial charge in [-0.2, -0.15) is 0 Å². The molecule has 4 saturated carbocycles. The van der Waals surface area contributed by atoms with Gasteiger partial charge in [-0.3, -0.25) is 0 Å². The second-order valence-electron chi connectivity index (χ2n) is 16.5. The average molecular weight is 525 g/mol. The van der Waals surface area contributed by atoms with E-state index in [0.717, 1.165) is 47.3 Å². The molecule has 0 N–H and O–H groups in total. The fourth-order valence-electron chi connectivity index (χ4n) is 11.0. The van der Waals surface area contributed by atoms with Crippen LogP contribution in [-0.2, 0) is 5.41 Å². The molecule has 0 aliphatic heterocycles. The third-order valence-corrected chi connectivity index (χ3v) is 12.9. The Hall–Kier alpha value is -1.56. The summed E-state index contributed by atoms with van der Waals surface area (Å²) in [4.78, 5) is 0. The van der Waals surface area contributed by atoms with Crippen molar-refractivity contribution in [3.05, 3.63) is 71.8 Å². The highest BCUT2D eigenvalue weighted by Gasteiger charge is 2.63. The van der Waals surface area contributed by atoms with E-state index in [1.54, 1.807) is 11.1 Å². The molecule has 2 aromatic carbocycles. The van der Waals surface area contributed by atoms with Crippen LogP contribution in [0.2, 0.25) is 0 Å². The number of hydrogen-bond acceptors (Lipinski definition) is 0. The molecule has 4 fully saturated rings. The second-order valence-corrected chi connectivity index (χ2v) is 16.5. The molecular weight excluding hydrogens is 468 g/mol. The van der Waals surface area contributed by atoms with Crippen molar-refractivity contribution in [2.24, 2.45) is 58.2 Å². The van der Waals surface area contributed by atoms with Crippen LogP contribution in [-0.4, -0.2) is 0 Å². The van der Waals surface area contributed by atoms with Crippen molar-refractivity contribution in [2.45, 2.75) is 111 Å². The van der Waals surface area contributed by atoms with E-state index in [-0.39, 0.29) is 5.41 Å². The molecule has 212 valence electrons. The van der Waals surface area contributed by atoms with Crippen LogP contribution in [0.4, 0.5) is 0 Å². The molecule has 0 radical (unpaired) electrons. The van der Waals surface area contributed by atoms with E-state index in [2.05, 4.69) is 102 Å². The molecule has 0 heteroatoms. The first-order valence-electron chi connectivity index (χ1n) is 16.7. The van der Waals surface area contributed by atoms with Crippen molar-refractivity contribution in [3.8, 4) is 0 Å². The highest BCUT2D eigenvalue weighted by atomic mass is 14.7. The van der Waals surface area contributed by atoms with Crippen LogP contribution >= 0.6 is 0 Å². The molecule has 0 amide bonds. The zero-order chi connectivity index (χ0) is 27.4. The average Bonchev–Trinajstić information content (AvgIpc) is 3.57. The molecule has 0 bridgehead atoms. The van der Waals surface area contributed by atoms with Gasteiger partial charge in [-0.15, -0.1) is 0 Å². The normalized spacial score (nSPS) is 34.1. The van der Waals surface area contributed by atoms with Gasteiger partial charge in [0.15, 0.2) is 0 Å². The molecule has 6 unspecified atom stereocenters. The predicted molar refractivity (Wildman–Crippen MR) is 167 cm³/mol. The highest BCUT2D eigenvalue weighted by molar-refractivity contribution is 5.43. The van der Waals surface area contributed by atoms with Crippen LogP contribution in [0.25, 0.3) is 0 Å². The summed E-state index contributed by atoms with van der Waals surface area (Å²) in [6, 6.07) is 24.0. The zero-order valence-corrected chi connectivity index (χ0v) is 26.0. The molecule has 2 aromatic rings. The monoisotopic (exact) mass is 524 g/mol. The Morgan fingerprint density at radius 1 is 0.462 bits per heavy atom. The van der Waals surface area contributed by atoms with Gasteiger partial charge in [-0.1, -0.05) is 115 Å². The minimum atomic E-state index is 0.157. The quantitative estimate of drug-likeness (QED) is 0.373. The first-order valence-corrected chi connectivity index (χ1v) is 16.7. The molecule has 0 saturated heterocycles. The Kier molecular flexibility index (Phi) is 7.34. The van der Waals surface area contributed by atoms with E-state index in [1.165, 1.54) is 64.2 Å². The van der Waals surface area contributed by atoms with E-state index in [0.29, 0.717) is 10.8 Å². The summed E-state index contributed by atoms with van der Waals surface area (Å²) in [5.74, 6) is 6.88. The summed E-state index contributed by atoms with van der Waals surface area (Å²) in [7, 11) is 0. The SMILES string of the molecule is CC(C)(C)C1CCC2C(C1)C1CC(C(C)(C)C)CCC1C2C(c1ccccc1)(c1ccccc1)C1CCCC1. The van der Waals surface area contributed by atoms with Crippen molar-refractivity contribution < 1.29 is 0 Å². The summed E-state index contributed by atoms with van der Waals surface area (Å²) in [5, 5.41) is 0. The Morgan fingerprint density at radius 2 is 0.872 bits per heavy atom.